The predicted octanol–water partition coefficient (Wildman–Crippen LogP) is 7.25. The van der Waals surface area contributed by atoms with Gasteiger partial charge in [0.25, 0.3) is 0 Å². The van der Waals surface area contributed by atoms with E-state index in [1.54, 1.807) is 0 Å². The highest BCUT2D eigenvalue weighted by Crippen LogP contribution is 2.12. The highest BCUT2D eigenvalue weighted by Gasteiger charge is 2.17. The minimum absolute atomic E-state index is 0.0637. The first-order valence-electron chi connectivity index (χ1n) is 12.5. The number of esters is 2. The van der Waals surface area contributed by atoms with Gasteiger partial charge in [-0.3, -0.25) is 14.1 Å². The van der Waals surface area contributed by atoms with E-state index in [1.807, 2.05) is 0 Å². The molecule has 0 aliphatic carbocycles. The molecule has 0 unspecified atom stereocenters. The fourth-order valence-corrected chi connectivity index (χ4v) is 3.85. The third-order valence-electron chi connectivity index (χ3n) is 5.31. The SMILES string of the molecule is CCCCCCCCCCCCC(=O)O[C@@H](COP=O)COC(=O)CCCCCCCS. The predicted molar refractivity (Wildman–Crippen MR) is 132 cm³/mol. The Balaban J connectivity index is 3.87. The van der Waals surface area contributed by atoms with Crippen LogP contribution in [-0.2, 0) is 28.2 Å². The third-order valence-corrected chi connectivity index (χ3v) is 5.89. The molecule has 0 spiro atoms. The van der Waals surface area contributed by atoms with Crippen LogP contribution in [-0.4, -0.2) is 37.0 Å². The maximum Gasteiger partial charge on any atom is 0.327 e. The first-order chi connectivity index (χ1) is 15.6. The van der Waals surface area contributed by atoms with Crippen molar-refractivity contribution in [3.8, 4) is 0 Å². The van der Waals surface area contributed by atoms with Gasteiger partial charge >= 0.3 is 20.6 Å². The fraction of sp³-hybridized carbons (Fsp3) is 0.917. The molecule has 0 aromatic heterocycles. The molecule has 0 N–H and O–H groups in total. The smallest absolute Gasteiger partial charge is 0.327 e. The Hall–Kier alpha value is -0.650. The van der Waals surface area contributed by atoms with E-state index >= 15 is 0 Å². The lowest BCUT2D eigenvalue weighted by atomic mass is 10.1. The number of hydrogen-bond donors (Lipinski definition) is 1. The first kappa shape index (κ1) is 31.4. The van der Waals surface area contributed by atoms with Gasteiger partial charge in [0.2, 0.25) is 0 Å². The molecule has 32 heavy (non-hydrogen) atoms. The van der Waals surface area contributed by atoms with E-state index < -0.39 is 14.8 Å². The number of ether oxygens (including phenoxy) is 2. The lowest BCUT2D eigenvalue weighted by molar-refractivity contribution is -0.160. The van der Waals surface area contributed by atoms with E-state index in [0.29, 0.717) is 12.8 Å². The molecule has 0 aromatic carbocycles. The molecule has 0 heterocycles. The quantitative estimate of drug-likeness (QED) is 0.0662. The standard InChI is InChI=1S/C24H45O6PS/c1-2-3-4-5-6-7-8-9-11-15-18-24(26)30-22(21-29-31-27)20-28-23(25)17-14-12-10-13-16-19-32/h22,32H,2-21H2,1H3/t22-/m1/s1. The van der Waals surface area contributed by atoms with Gasteiger partial charge in [-0.25, -0.2) is 4.57 Å². The highest BCUT2D eigenvalue weighted by molar-refractivity contribution is 7.80. The lowest BCUT2D eigenvalue weighted by Gasteiger charge is -2.16. The van der Waals surface area contributed by atoms with Gasteiger partial charge in [-0.2, -0.15) is 12.6 Å². The van der Waals surface area contributed by atoms with Gasteiger partial charge in [0.1, 0.15) is 13.2 Å². The zero-order chi connectivity index (χ0) is 23.7. The summed E-state index contributed by atoms with van der Waals surface area (Å²) in [6.45, 7) is 2.09. The number of carbonyl (C=O) groups is 2. The number of unbranched alkanes of at least 4 members (excludes halogenated alkanes) is 13. The van der Waals surface area contributed by atoms with Crippen LogP contribution in [0.3, 0.4) is 0 Å². The van der Waals surface area contributed by atoms with Gasteiger partial charge in [-0.15, -0.1) is 0 Å². The van der Waals surface area contributed by atoms with Crippen molar-refractivity contribution in [1.29, 1.82) is 0 Å². The molecule has 1 atom stereocenters. The van der Waals surface area contributed by atoms with E-state index in [0.717, 1.165) is 57.1 Å². The van der Waals surface area contributed by atoms with Crippen LogP contribution in [0, 0.1) is 0 Å². The molecule has 0 saturated carbocycles. The van der Waals surface area contributed by atoms with Gasteiger partial charge in [0.15, 0.2) is 6.10 Å². The summed E-state index contributed by atoms with van der Waals surface area (Å²) in [6.07, 6.45) is 17.0. The molecular weight excluding hydrogens is 447 g/mol. The molecule has 0 radical (unpaired) electrons. The van der Waals surface area contributed by atoms with Gasteiger partial charge in [-0.1, -0.05) is 84.0 Å². The van der Waals surface area contributed by atoms with Crippen LogP contribution >= 0.6 is 21.3 Å². The largest absolute Gasteiger partial charge is 0.462 e. The van der Waals surface area contributed by atoms with Crippen molar-refractivity contribution in [2.45, 2.75) is 122 Å². The van der Waals surface area contributed by atoms with Crippen molar-refractivity contribution in [3.05, 3.63) is 0 Å². The second-order valence-electron chi connectivity index (χ2n) is 8.34. The van der Waals surface area contributed by atoms with Crippen LogP contribution in [0.2, 0.25) is 0 Å². The van der Waals surface area contributed by atoms with Gasteiger partial charge in [-0.05, 0) is 25.0 Å². The molecule has 0 fully saturated rings. The van der Waals surface area contributed by atoms with Crippen LogP contribution in [0.5, 0.6) is 0 Å². The maximum atomic E-state index is 12.1. The summed E-state index contributed by atoms with van der Waals surface area (Å²) in [4.78, 5) is 24.0. The first-order valence-corrected chi connectivity index (χ1v) is 13.9. The molecule has 0 saturated heterocycles. The summed E-state index contributed by atoms with van der Waals surface area (Å²) in [5.41, 5.74) is 0. The van der Waals surface area contributed by atoms with E-state index in [-0.39, 0.29) is 25.2 Å². The Labute approximate surface area is 202 Å². The summed E-state index contributed by atoms with van der Waals surface area (Å²) in [5, 5.41) is 0. The monoisotopic (exact) mass is 492 g/mol. The third kappa shape index (κ3) is 22.5. The summed E-state index contributed by atoms with van der Waals surface area (Å²) in [7, 11) is -0.490. The summed E-state index contributed by atoms with van der Waals surface area (Å²) < 4.78 is 26.0. The Morgan fingerprint density at radius 1 is 0.719 bits per heavy atom. The van der Waals surface area contributed by atoms with Crippen molar-refractivity contribution in [1.82, 2.24) is 0 Å². The average molecular weight is 493 g/mol. The second kappa shape index (κ2) is 25.0. The molecule has 0 aliphatic heterocycles. The van der Waals surface area contributed by atoms with Gasteiger partial charge in [0.05, 0.1) is 0 Å². The van der Waals surface area contributed by atoms with Gasteiger partial charge in [0, 0.05) is 12.8 Å². The zero-order valence-electron chi connectivity index (χ0n) is 20.1. The Kier molecular flexibility index (Phi) is 24.5. The van der Waals surface area contributed by atoms with Crippen LogP contribution in [0.1, 0.15) is 116 Å². The average Bonchev–Trinajstić information content (AvgIpc) is 2.79. The molecule has 0 aliphatic rings. The normalized spacial score (nSPS) is 12.1. The van der Waals surface area contributed by atoms with Crippen molar-refractivity contribution >= 4 is 33.3 Å². The highest BCUT2D eigenvalue weighted by atomic mass is 32.1. The number of carbonyl (C=O) groups excluding carboxylic acids is 2. The fourth-order valence-electron chi connectivity index (χ4n) is 3.40. The number of hydrogen-bond acceptors (Lipinski definition) is 7. The van der Waals surface area contributed by atoms with E-state index in [9.17, 15) is 14.2 Å². The summed E-state index contributed by atoms with van der Waals surface area (Å²) >= 11 is 4.18. The molecular formula is C24H45O6PS. The molecule has 6 nitrogen and oxygen atoms in total. The molecule has 0 aromatic rings. The van der Waals surface area contributed by atoms with E-state index in [4.69, 9.17) is 14.0 Å². The Morgan fingerprint density at radius 3 is 1.75 bits per heavy atom. The van der Waals surface area contributed by atoms with Crippen molar-refractivity contribution in [3.63, 3.8) is 0 Å². The lowest BCUT2D eigenvalue weighted by Crippen LogP contribution is -2.28. The molecule has 0 bridgehead atoms. The van der Waals surface area contributed by atoms with Gasteiger partial charge < -0.3 is 9.47 Å². The number of rotatable bonds is 24. The minimum Gasteiger partial charge on any atom is -0.462 e. The van der Waals surface area contributed by atoms with Crippen molar-refractivity contribution in [2.75, 3.05) is 19.0 Å². The minimum atomic E-state index is -0.730. The molecule has 8 heteroatoms. The van der Waals surface area contributed by atoms with Crippen LogP contribution in [0.25, 0.3) is 0 Å². The van der Waals surface area contributed by atoms with Crippen LogP contribution in [0.4, 0.5) is 0 Å². The Morgan fingerprint density at radius 2 is 1.22 bits per heavy atom. The molecule has 188 valence electrons. The summed E-state index contributed by atoms with van der Waals surface area (Å²) in [6, 6.07) is 0. The van der Waals surface area contributed by atoms with E-state index in [2.05, 4.69) is 19.6 Å². The molecule has 0 amide bonds. The summed E-state index contributed by atoms with van der Waals surface area (Å²) in [5.74, 6) is 0.252. The second-order valence-corrected chi connectivity index (χ2v) is 9.19. The van der Waals surface area contributed by atoms with Crippen molar-refractivity contribution < 1.29 is 28.2 Å². The van der Waals surface area contributed by atoms with Crippen molar-refractivity contribution in [2.24, 2.45) is 0 Å². The maximum absolute atomic E-state index is 12.1. The molecule has 0 rings (SSSR count). The Bertz CT molecular complexity index is 464. The number of thiol groups is 1. The van der Waals surface area contributed by atoms with E-state index in [1.165, 1.54) is 44.9 Å². The van der Waals surface area contributed by atoms with Crippen LogP contribution in [0.15, 0.2) is 0 Å². The van der Waals surface area contributed by atoms with Crippen LogP contribution < -0.4 is 0 Å². The zero-order valence-corrected chi connectivity index (χ0v) is 21.9. The topological polar surface area (TPSA) is 78.9 Å².